The van der Waals surface area contributed by atoms with E-state index in [1.54, 1.807) is 67.8 Å². The fourth-order valence-corrected chi connectivity index (χ4v) is 3.99. The summed E-state index contributed by atoms with van der Waals surface area (Å²) in [6, 6.07) is 19.4. The highest BCUT2D eigenvalue weighted by molar-refractivity contribution is 9.10. The van der Waals surface area contributed by atoms with Crippen LogP contribution in [-0.2, 0) is 0 Å². The van der Waals surface area contributed by atoms with Crippen molar-refractivity contribution < 1.29 is 23.7 Å². The highest BCUT2D eigenvalue weighted by Crippen LogP contribution is 2.45. The smallest absolute Gasteiger partial charge is 0.343 e. The summed E-state index contributed by atoms with van der Waals surface area (Å²) < 4.78 is 23.2. The summed E-state index contributed by atoms with van der Waals surface area (Å²) in [6.07, 6.45) is 1.64. The SMILES string of the molecule is C=CCOc1ccc(C2C(C#N)=C(N)Oc3cc(OC(=O)c4ccc(Br)cc4)ccc32)cc1OC. The number of methoxy groups -OCH3 is 1. The fraction of sp³-hybridized carbons (Fsp3) is 0.111. The number of rotatable bonds is 7. The number of ether oxygens (including phenoxy) is 4. The van der Waals surface area contributed by atoms with E-state index in [2.05, 4.69) is 28.6 Å². The van der Waals surface area contributed by atoms with Gasteiger partial charge in [-0.2, -0.15) is 5.26 Å². The van der Waals surface area contributed by atoms with Crippen LogP contribution in [0.5, 0.6) is 23.0 Å². The number of nitrogens with two attached hydrogens (primary N) is 1. The van der Waals surface area contributed by atoms with Crippen molar-refractivity contribution >= 4 is 21.9 Å². The summed E-state index contributed by atoms with van der Waals surface area (Å²) in [4.78, 5) is 12.5. The Hall–Kier alpha value is -4.22. The predicted molar refractivity (Wildman–Crippen MR) is 134 cm³/mol. The Morgan fingerprint density at radius 3 is 2.63 bits per heavy atom. The molecule has 8 heteroatoms. The van der Waals surface area contributed by atoms with Gasteiger partial charge in [0.25, 0.3) is 0 Å². The molecule has 0 aliphatic carbocycles. The first-order valence-corrected chi connectivity index (χ1v) is 11.4. The number of fused-ring (bicyclic) bond motifs is 1. The molecule has 1 unspecified atom stereocenters. The maximum absolute atomic E-state index is 12.5. The molecule has 0 spiro atoms. The van der Waals surface area contributed by atoms with Crippen molar-refractivity contribution in [3.63, 3.8) is 0 Å². The molecule has 1 heterocycles. The minimum atomic E-state index is -0.512. The lowest BCUT2D eigenvalue weighted by Gasteiger charge is -2.27. The van der Waals surface area contributed by atoms with Gasteiger partial charge in [-0.15, -0.1) is 0 Å². The lowest BCUT2D eigenvalue weighted by molar-refractivity contribution is 0.0734. The first-order valence-electron chi connectivity index (χ1n) is 10.6. The van der Waals surface area contributed by atoms with E-state index >= 15 is 0 Å². The minimum absolute atomic E-state index is 0.0210. The van der Waals surface area contributed by atoms with Gasteiger partial charge in [0.2, 0.25) is 5.88 Å². The van der Waals surface area contributed by atoms with Gasteiger partial charge in [-0.3, -0.25) is 0 Å². The minimum Gasteiger partial charge on any atom is -0.493 e. The Labute approximate surface area is 211 Å². The maximum Gasteiger partial charge on any atom is 0.343 e. The number of halogens is 1. The molecule has 7 nitrogen and oxygen atoms in total. The normalized spacial score (nSPS) is 14.3. The van der Waals surface area contributed by atoms with Crippen LogP contribution in [0.2, 0.25) is 0 Å². The molecule has 0 fully saturated rings. The van der Waals surface area contributed by atoms with E-state index in [0.29, 0.717) is 35.0 Å². The summed E-state index contributed by atoms with van der Waals surface area (Å²) in [5.41, 5.74) is 8.23. The van der Waals surface area contributed by atoms with Gasteiger partial charge >= 0.3 is 5.97 Å². The van der Waals surface area contributed by atoms with Crippen LogP contribution in [0, 0.1) is 11.3 Å². The molecule has 0 saturated heterocycles. The van der Waals surface area contributed by atoms with Crippen molar-refractivity contribution in [3.05, 3.63) is 106 Å². The number of hydrogen-bond donors (Lipinski definition) is 1. The molecular formula is C27H21BrN2O5. The number of nitrogens with zero attached hydrogens (tertiary/aromatic N) is 1. The maximum atomic E-state index is 12.5. The lowest BCUT2D eigenvalue weighted by Crippen LogP contribution is -2.21. The topological polar surface area (TPSA) is 104 Å². The van der Waals surface area contributed by atoms with Crippen LogP contribution in [0.15, 0.2) is 89.2 Å². The third kappa shape index (κ3) is 5.00. The summed E-state index contributed by atoms with van der Waals surface area (Å²) in [6.45, 7) is 3.98. The lowest BCUT2D eigenvalue weighted by atomic mass is 9.83. The third-order valence-electron chi connectivity index (χ3n) is 5.36. The molecule has 0 saturated carbocycles. The van der Waals surface area contributed by atoms with Crippen LogP contribution in [0.25, 0.3) is 0 Å². The molecule has 3 aromatic carbocycles. The second-order valence-electron chi connectivity index (χ2n) is 7.53. The van der Waals surface area contributed by atoms with E-state index < -0.39 is 11.9 Å². The van der Waals surface area contributed by atoms with Crippen molar-refractivity contribution in [1.29, 1.82) is 5.26 Å². The predicted octanol–water partition coefficient (Wildman–Crippen LogP) is 5.46. The van der Waals surface area contributed by atoms with Gasteiger partial charge < -0.3 is 24.7 Å². The number of nitriles is 1. The highest BCUT2D eigenvalue weighted by atomic mass is 79.9. The van der Waals surface area contributed by atoms with Gasteiger partial charge in [-0.1, -0.05) is 40.7 Å². The van der Waals surface area contributed by atoms with E-state index in [1.165, 1.54) is 0 Å². The average Bonchev–Trinajstić information content (AvgIpc) is 2.86. The number of benzene rings is 3. The number of allylic oxidation sites excluding steroid dienone is 1. The zero-order chi connectivity index (χ0) is 24.9. The molecule has 1 aliphatic heterocycles. The van der Waals surface area contributed by atoms with Crippen molar-refractivity contribution in [1.82, 2.24) is 0 Å². The average molecular weight is 533 g/mol. The molecule has 35 heavy (non-hydrogen) atoms. The van der Waals surface area contributed by atoms with Crippen LogP contribution < -0.4 is 24.7 Å². The summed E-state index contributed by atoms with van der Waals surface area (Å²) in [5, 5.41) is 9.83. The number of carbonyl (C=O) groups excluding carboxylic acids is 1. The van der Waals surface area contributed by atoms with Crippen LogP contribution in [0.4, 0.5) is 0 Å². The molecule has 0 aromatic heterocycles. The van der Waals surface area contributed by atoms with Gasteiger partial charge in [-0.05, 0) is 48.0 Å². The van der Waals surface area contributed by atoms with Crippen molar-refractivity contribution in [3.8, 4) is 29.1 Å². The van der Waals surface area contributed by atoms with Gasteiger partial charge in [-0.25, -0.2) is 4.79 Å². The number of esters is 1. The second-order valence-corrected chi connectivity index (χ2v) is 8.45. The summed E-state index contributed by atoms with van der Waals surface area (Å²) >= 11 is 3.34. The van der Waals surface area contributed by atoms with E-state index in [9.17, 15) is 10.1 Å². The summed E-state index contributed by atoms with van der Waals surface area (Å²) in [5.74, 6) is 0.691. The Balaban J connectivity index is 1.69. The Bertz CT molecular complexity index is 1360. The number of carbonyl (C=O) groups is 1. The van der Waals surface area contributed by atoms with Crippen molar-refractivity contribution in [2.75, 3.05) is 13.7 Å². The Kier molecular flexibility index (Phi) is 7.09. The quantitative estimate of drug-likeness (QED) is 0.244. The standard InChI is InChI=1S/C27H21BrN2O5/c1-3-12-33-22-11-6-17(13-24(22)32-2)25-20-10-9-19(14-23(20)35-26(30)21(25)15-29)34-27(31)16-4-7-18(28)8-5-16/h3-11,13-14,25H,1,12,30H2,2H3. The third-order valence-corrected chi connectivity index (χ3v) is 5.89. The molecular weight excluding hydrogens is 512 g/mol. The van der Waals surface area contributed by atoms with Crippen LogP contribution in [-0.4, -0.2) is 19.7 Å². The molecule has 176 valence electrons. The zero-order valence-corrected chi connectivity index (χ0v) is 20.4. The van der Waals surface area contributed by atoms with E-state index in [4.69, 9.17) is 24.7 Å². The first kappa shape index (κ1) is 23.9. The molecule has 4 rings (SSSR count). The second kappa shape index (κ2) is 10.4. The largest absolute Gasteiger partial charge is 0.493 e. The molecule has 0 radical (unpaired) electrons. The summed E-state index contributed by atoms with van der Waals surface area (Å²) in [7, 11) is 1.54. The van der Waals surface area contributed by atoms with Crippen LogP contribution >= 0.6 is 15.9 Å². The van der Waals surface area contributed by atoms with E-state index in [0.717, 1.165) is 10.0 Å². The molecule has 2 N–H and O–H groups in total. The zero-order valence-electron chi connectivity index (χ0n) is 18.8. The Morgan fingerprint density at radius 1 is 1.17 bits per heavy atom. The van der Waals surface area contributed by atoms with E-state index in [-0.39, 0.29) is 17.2 Å². The molecule has 1 aliphatic rings. The van der Waals surface area contributed by atoms with Crippen molar-refractivity contribution in [2.24, 2.45) is 5.73 Å². The van der Waals surface area contributed by atoms with Gasteiger partial charge in [0, 0.05) is 16.1 Å². The Morgan fingerprint density at radius 2 is 1.94 bits per heavy atom. The van der Waals surface area contributed by atoms with Gasteiger partial charge in [0.15, 0.2) is 11.5 Å². The molecule has 0 bridgehead atoms. The highest BCUT2D eigenvalue weighted by Gasteiger charge is 2.31. The number of hydrogen-bond acceptors (Lipinski definition) is 7. The van der Waals surface area contributed by atoms with Gasteiger partial charge in [0.1, 0.15) is 29.7 Å². The molecule has 0 amide bonds. The van der Waals surface area contributed by atoms with E-state index in [1.807, 2.05) is 6.07 Å². The molecule has 3 aromatic rings. The van der Waals surface area contributed by atoms with Crippen molar-refractivity contribution in [2.45, 2.75) is 5.92 Å². The van der Waals surface area contributed by atoms with Crippen LogP contribution in [0.3, 0.4) is 0 Å². The molecule has 1 atom stereocenters. The van der Waals surface area contributed by atoms with Gasteiger partial charge in [0.05, 0.1) is 18.6 Å². The fourth-order valence-electron chi connectivity index (χ4n) is 3.73. The first-order chi connectivity index (χ1) is 16.9. The monoisotopic (exact) mass is 532 g/mol. The van der Waals surface area contributed by atoms with Crippen LogP contribution in [0.1, 0.15) is 27.4 Å².